The van der Waals surface area contributed by atoms with Crippen LogP contribution in [0.5, 0.6) is 0 Å². The SMILES string of the molecule is CCOC(=O)c1c(CN)n(-c2ccccc2)c2ccccc12. The summed E-state index contributed by atoms with van der Waals surface area (Å²) in [5.41, 5.74) is 9.22. The third kappa shape index (κ3) is 2.27. The van der Waals surface area contributed by atoms with E-state index in [4.69, 9.17) is 10.5 Å². The molecule has 0 saturated heterocycles. The number of benzene rings is 2. The molecule has 22 heavy (non-hydrogen) atoms. The van der Waals surface area contributed by atoms with Gasteiger partial charge >= 0.3 is 5.97 Å². The van der Waals surface area contributed by atoms with Crippen LogP contribution >= 0.6 is 0 Å². The van der Waals surface area contributed by atoms with E-state index in [9.17, 15) is 4.79 Å². The van der Waals surface area contributed by atoms with Gasteiger partial charge in [-0.1, -0.05) is 36.4 Å². The Morgan fingerprint density at radius 2 is 1.77 bits per heavy atom. The number of aromatic nitrogens is 1. The number of hydrogen-bond donors (Lipinski definition) is 1. The van der Waals surface area contributed by atoms with E-state index in [-0.39, 0.29) is 12.5 Å². The number of hydrogen-bond acceptors (Lipinski definition) is 3. The normalized spacial score (nSPS) is 10.8. The van der Waals surface area contributed by atoms with Gasteiger partial charge in [-0.05, 0) is 25.1 Å². The summed E-state index contributed by atoms with van der Waals surface area (Å²) in [6, 6.07) is 17.7. The summed E-state index contributed by atoms with van der Waals surface area (Å²) in [6.07, 6.45) is 0. The zero-order valence-electron chi connectivity index (χ0n) is 12.5. The molecule has 2 N–H and O–H groups in total. The third-order valence-corrected chi connectivity index (χ3v) is 3.66. The Morgan fingerprint density at radius 3 is 2.45 bits per heavy atom. The summed E-state index contributed by atoms with van der Waals surface area (Å²) >= 11 is 0. The van der Waals surface area contributed by atoms with Gasteiger partial charge in [-0.3, -0.25) is 0 Å². The van der Waals surface area contributed by atoms with Crippen LogP contribution in [0.4, 0.5) is 0 Å². The van der Waals surface area contributed by atoms with Crippen molar-refractivity contribution < 1.29 is 9.53 Å². The number of fused-ring (bicyclic) bond motifs is 1. The predicted molar refractivity (Wildman–Crippen MR) is 87.1 cm³/mol. The molecule has 0 spiro atoms. The van der Waals surface area contributed by atoms with Gasteiger partial charge in [-0.15, -0.1) is 0 Å². The highest BCUT2D eigenvalue weighted by Gasteiger charge is 2.23. The van der Waals surface area contributed by atoms with E-state index in [1.165, 1.54) is 0 Å². The number of rotatable bonds is 4. The first-order chi connectivity index (χ1) is 10.8. The second-order valence-electron chi connectivity index (χ2n) is 4.93. The summed E-state index contributed by atoms with van der Waals surface area (Å²) in [6.45, 7) is 2.40. The molecular formula is C18H18N2O2. The second kappa shape index (κ2) is 6.03. The van der Waals surface area contributed by atoms with Crippen molar-refractivity contribution in [3.8, 4) is 5.69 Å². The first-order valence-electron chi connectivity index (χ1n) is 7.32. The Morgan fingerprint density at radius 1 is 1.09 bits per heavy atom. The van der Waals surface area contributed by atoms with Crippen molar-refractivity contribution in [2.24, 2.45) is 5.73 Å². The van der Waals surface area contributed by atoms with Gasteiger partial charge in [-0.25, -0.2) is 4.79 Å². The lowest BCUT2D eigenvalue weighted by Crippen LogP contribution is -2.12. The van der Waals surface area contributed by atoms with Crippen molar-refractivity contribution in [2.45, 2.75) is 13.5 Å². The van der Waals surface area contributed by atoms with Crippen LogP contribution in [-0.4, -0.2) is 17.1 Å². The summed E-state index contributed by atoms with van der Waals surface area (Å²) < 4.78 is 7.25. The quantitative estimate of drug-likeness (QED) is 0.751. The molecule has 0 unspecified atom stereocenters. The van der Waals surface area contributed by atoms with Gasteiger partial charge in [-0.2, -0.15) is 0 Å². The van der Waals surface area contributed by atoms with Crippen molar-refractivity contribution in [1.29, 1.82) is 0 Å². The molecule has 4 nitrogen and oxygen atoms in total. The van der Waals surface area contributed by atoms with Crippen molar-refractivity contribution in [1.82, 2.24) is 4.57 Å². The summed E-state index contributed by atoms with van der Waals surface area (Å²) in [5, 5.41) is 0.866. The van der Waals surface area contributed by atoms with Crippen LogP contribution in [0.25, 0.3) is 16.6 Å². The number of nitrogens with two attached hydrogens (primary N) is 1. The van der Waals surface area contributed by atoms with Crippen molar-refractivity contribution in [3.63, 3.8) is 0 Å². The average Bonchev–Trinajstić information content (AvgIpc) is 2.90. The van der Waals surface area contributed by atoms with Crippen molar-refractivity contribution in [2.75, 3.05) is 6.61 Å². The molecule has 4 heteroatoms. The summed E-state index contributed by atoms with van der Waals surface area (Å²) in [7, 11) is 0. The summed E-state index contributed by atoms with van der Waals surface area (Å²) in [5.74, 6) is -0.325. The zero-order valence-corrected chi connectivity index (χ0v) is 12.5. The lowest BCUT2D eigenvalue weighted by Gasteiger charge is -2.10. The largest absolute Gasteiger partial charge is 0.462 e. The maximum Gasteiger partial charge on any atom is 0.340 e. The molecule has 1 heterocycles. The Balaban J connectivity index is 2.35. The average molecular weight is 294 g/mol. The lowest BCUT2D eigenvalue weighted by molar-refractivity contribution is 0.0527. The van der Waals surface area contributed by atoms with Crippen LogP contribution in [0.15, 0.2) is 54.6 Å². The summed E-state index contributed by atoms with van der Waals surface area (Å²) in [4.78, 5) is 12.4. The molecule has 3 rings (SSSR count). The molecule has 0 aliphatic rings. The van der Waals surface area contributed by atoms with Crippen LogP contribution in [-0.2, 0) is 11.3 Å². The Labute approximate surface area is 129 Å². The minimum absolute atomic E-state index is 0.262. The van der Waals surface area contributed by atoms with Gasteiger partial charge in [0.2, 0.25) is 0 Å². The Bertz CT molecular complexity index is 807. The molecule has 0 amide bonds. The molecule has 0 aliphatic heterocycles. The standard InChI is InChI=1S/C18H18N2O2/c1-2-22-18(21)17-14-10-6-7-11-15(14)20(16(17)12-19)13-8-4-3-5-9-13/h3-11H,2,12,19H2,1H3. The zero-order chi connectivity index (χ0) is 15.5. The molecule has 0 radical (unpaired) electrons. The molecular weight excluding hydrogens is 276 g/mol. The maximum absolute atomic E-state index is 12.4. The molecule has 1 aromatic heterocycles. The van der Waals surface area contributed by atoms with Crippen LogP contribution in [0.2, 0.25) is 0 Å². The van der Waals surface area contributed by atoms with Crippen LogP contribution in [0.3, 0.4) is 0 Å². The third-order valence-electron chi connectivity index (χ3n) is 3.66. The lowest BCUT2D eigenvalue weighted by atomic mass is 10.1. The van der Waals surface area contributed by atoms with Gasteiger partial charge in [0.05, 0.1) is 23.4 Å². The number of carbonyl (C=O) groups excluding carboxylic acids is 1. The molecule has 2 aromatic carbocycles. The predicted octanol–water partition coefficient (Wildman–Crippen LogP) is 3.27. The van der Waals surface area contributed by atoms with Crippen molar-refractivity contribution >= 4 is 16.9 Å². The van der Waals surface area contributed by atoms with E-state index in [0.29, 0.717) is 12.2 Å². The number of esters is 1. The van der Waals surface area contributed by atoms with Crippen LogP contribution < -0.4 is 5.73 Å². The highest BCUT2D eigenvalue weighted by molar-refractivity contribution is 6.06. The highest BCUT2D eigenvalue weighted by Crippen LogP contribution is 2.30. The van der Waals surface area contributed by atoms with Gasteiger partial charge in [0.25, 0.3) is 0 Å². The van der Waals surface area contributed by atoms with Crippen LogP contribution in [0, 0.1) is 0 Å². The second-order valence-corrected chi connectivity index (χ2v) is 4.93. The van der Waals surface area contributed by atoms with E-state index in [1.807, 2.05) is 59.2 Å². The Kier molecular flexibility index (Phi) is 3.94. The highest BCUT2D eigenvalue weighted by atomic mass is 16.5. The molecule has 0 saturated carbocycles. The minimum atomic E-state index is -0.325. The number of ether oxygens (including phenoxy) is 1. The smallest absolute Gasteiger partial charge is 0.340 e. The molecule has 0 bridgehead atoms. The van der Waals surface area contributed by atoms with E-state index in [2.05, 4.69) is 0 Å². The van der Waals surface area contributed by atoms with Crippen molar-refractivity contribution in [3.05, 3.63) is 65.9 Å². The molecule has 3 aromatic rings. The van der Waals surface area contributed by atoms with E-state index >= 15 is 0 Å². The number of para-hydroxylation sites is 2. The monoisotopic (exact) mass is 294 g/mol. The van der Waals surface area contributed by atoms with E-state index in [1.54, 1.807) is 6.92 Å². The molecule has 112 valence electrons. The van der Waals surface area contributed by atoms with E-state index < -0.39 is 0 Å². The number of carbonyl (C=O) groups is 1. The fraction of sp³-hybridized carbons (Fsp3) is 0.167. The topological polar surface area (TPSA) is 57.2 Å². The number of nitrogens with zero attached hydrogens (tertiary/aromatic N) is 1. The van der Waals surface area contributed by atoms with Gasteiger partial charge < -0.3 is 15.0 Å². The Hall–Kier alpha value is -2.59. The van der Waals surface area contributed by atoms with Gasteiger partial charge in [0, 0.05) is 17.6 Å². The van der Waals surface area contributed by atoms with Crippen LogP contribution in [0.1, 0.15) is 23.0 Å². The minimum Gasteiger partial charge on any atom is -0.462 e. The fourth-order valence-corrected chi connectivity index (χ4v) is 2.79. The fourth-order valence-electron chi connectivity index (χ4n) is 2.79. The maximum atomic E-state index is 12.4. The molecule has 0 atom stereocenters. The first-order valence-corrected chi connectivity index (χ1v) is 7.32. The first kappa shape index (κ1) is 14.4. The molecule has 0 fully saturated rings. The molecule has 0 aliphatic carbocycles. The van der Waals surface area contributed by atoms with Gasteiger partial charge in [0.15, 0.2) is 0 Å². The van der Waals surface area contributed by atoms with Gasteiger partial charge in [0.1, 0.15) is 0 Å². The van der Waals surface area contributed by atoms with E-state index in [0.717, 1.165) is 22.3 Å².